The van der Waals surface area contributed by atoms with Crippen molar-refractivity contribution in [2.24, 2.45) is 4.99 Å². The van der Waals surface area contributed by atoms with Crippen LogP contribution in [-0.4, -0.2) is 23.4 Å². The fourth-order valence-corrected chi connectivity index (χ4v) is 2.52. The number of nitro groups is 1. The Morgan fingerprint density at radius 3 is 2.85 bits per heavy atom. The Bertz CT molecular complexity index is 952. The van der Waals surface area contributed by atoms with Crippen molar-refractivity contribution in [3.05, 3.63) is 74.4 Å². The Hall–Kier alpha value is -3.19. The van der Waals surface area contributed by atoms with Crippen molar-refractivity contribution in [1.29, 1.82) is 0 Å². The maximum Gasteiger partial charge on any atom is 0.363 e. The fraction of sp³-hybridized carbons (Fsp3) is 0.111. The second kappa shape index (κ2) is 7.37. The molecule has 132 valence electrons. The number of halogens is 1. The third-order valence-electron chi connectivity index (χ3n) is 3.48. The molecule has 0 amide bonds. The summed E-state index contributed by atoms with van der Waals surface area (Å²) in [6.07, 6.45) is 1.56. The van der Waals surface area contributed by atoms with Crippen molar-refractivity contribution in [2.75, 3.05) is 6.61 Å². The molecule has 0 aliphatic carbocycles. The summed E-state index contributed by atoms with van der Waals surface area (Å²) in [5, 5.41) is 11.0. The van der Waals surface area contributed by atoms with Gasteiger partial charge in [0, 0.05) is 11.6 Å². The number of carbonyl (C=O) groups excluding carboxylic acids is 1. The predicted octanol–water partition coefficient (Wildman–Crippen LogP) is 3.99. The predicted molar refractivity (Wildman–Crippen MR) is 96.3 cm³/mol. The van der Waals surface area contributed by atoms with Crippen LogP contribution in [0.4, 0.5) is 5.69 Å². The maximum absolute atomic E-state index is 12.1. The number of nitro benzene ring substituents is 1. The number of nitrogens with zero attached hydrogens (tertiary/aromatic N) is 2. The number of hydrogen-bond acceptors (Lipinski definition) is 6. The summed E-state index contributed by atoms with van der Waals surface area (Å²) < 4.78 is 10.5. The molecule has 0 saturated carbocycles. The summed E-state index contributed by atoms with van der Waals surface area (Å²) in [6.45, 7) is 2.40. The Kier molecular flexibility index (Phi) is 4.99. The van der Waals surface area contributed by atoms with E-state index in [4.69, 9.17) is 21.1 Å². The van der Waals surface area contributed by atoms with E-state index < -0.39 is 10.9 Å². The molecule has 2 aromatic carbocycles. The molecule has 8 heteroatoms. The molecule has 0 unspecified atom stereocenters. The summed E-state index contributed by atoms with van der Waals surface area (Å²) in [6, 6.07) is 11.2. The number of benzene rings is 2. The molecule has 0 spiro atoms. The fourth-order valence-electron chi connectivity index (χ4n) is 2.34. The number of aliphatic imine (C=N–C) groups is 1. The van der Waals surface area contributed by atoms with E-state index in [9.17, 15) is 14.9 Å². The smallest absolute Gasteiger partial charge is 0.363 e. The lowest BCUT2D eigenvalue weighted by Gasteiger charge is -2.03. The maximum atomic E-state index is 12.1. The highest BCUT2D eigenvalue weighted by atomic mass is 35.5. The second-order valence-electron chi connectivity index (χ2n) is 5.26. The zero-order valence-electron chi connectivity index (χ0n) is 13.6. The van der Waals surface area contributed by atoms with Gasteiger partial charge >= 0.3 is 5.97 Å². The first-order chi connectivity index (χ1) is 12.5. The van der Waals surface area contributed by atoms with Crippen molar-refractivity contribution in [3.8, 4) is 5.75 Å². The van der Waals surface area contributed by atoms with Crippen LogP contribution in [0, 0.1) is 10.1 Å². The van der Waals surface area contributed by atoms with Gasteiger partial charge < -0.3 is 9.47 Å². The Balaban J connectivity index is 1.93. The second-order valence-corrected chi connectivity index (χ2v) is 5.67. The monoisotopic (exact) mass is 372 g/mol. The molecule has 0 saturated heterocycles. The molecule has 0 aromatic heterocycles. The minimum atomic E-state index is -0.639. The minimum Gasteiger partial charge on any atom is -0.494 e. The van der Waals surface area contributed by atoms with Crippen LogP contribution in [-0.2, 0) is 9.53 Å². The van der Waals surface area contributed by atoms with E-state index in [1.54, 1.807) is 30.3 Å². The molecule has 0 radical (unpaired) electrons. The lowest BCUT2D eigenvalue weighted by atomic mass is 10.2. The Labute approximate surface area is 153 Å². The van der Waals surface area contributed by atoms with Gasteiger partial charge in [-0.2, -0.15) is 0 Å². The number of cyclic esters (lactones) is 1. The third-order valence-corrected chi connectivity index (χ3v) is 3.80. The van der Waals surface area contributed by atoms with Gasteiger partial charge in [-0.15, -0.1) is 0 Å². The topological polar surface area (TPSA) is 91.0 Å². The average molecular weight is 373 g/mol. The summed E-state index contributed by atoms with van der Waals surface area (Å²) in [4.78, 5) is 26.6. The molecule has 7 nitrogen and oxygen atoms in total. The van der Waals surface area contributed by atoms with Gasteiger partial charge in [-0.25, -0.2) is 9.79 Å². The van der Waals surface area contributed by atoms with Crippen LogP contribution in [0.2, 0.25) is 5.02 Å². The van der Waals surface area contributed by atoms with Crippen LogP contribution >= 0.6 is 11.6 Å². The standard InChI is InChI=1S/C18H13ClN2O5/c1-2-25-13-5-3-4-11(8-13)9-15-18(22)26-17(20-15)12-6-7-14(19)16(10-12)21(23)24/h3-10H,2H2,1H3/b15-9-. The Morgan fingerprint density at radius 1 is 1.31 bits per heavy atom. The highest BCUT2D eigenvalue weighted by molar-refractivity contribution is 6.32. The van der Waals surface area contributed by atoms with Crippen LogP contribution in [0.25, 0.3) is 6.08 Å². The highest BCUT2D eigenvalue weighted by Gasteiger charge is 2.26. The first kappa shape index (κ1) is 17.6. The summed E-state index contributed by atoms with van der Waals surface area (Å²) in [5.74, 6) is 0.0205. The van der Waals surface area contributed by atoms with Crippen LogP contribution in [0.1, 0.15) is 18.1 Å². The van der Waals surface area contributed by atoms with E-state index in [2.05, 4.69) is 4.99 Å². The molecule has 0 fully saturated rings. The van der Waals surface area contributed by atoms with Crippen LogP contribution in [0.5, 0.6) is 5.75 Å². The van der Waals surface area contributed by atoms with Crippen molar-refractivity contribution < 1.29 is 19.2 Å². The van der Waals surface area contributed by atoms with E-state index in [0.717, 1.165) is 5.56 Å². The average Bonchev–Trinajstić information content (AvgIpc) is 2.96. The van der Waals surface area contributed by atoms with Crippen molar-refractivity contribution in [1.82, 2.24) is 0 Å². The molecule has 2 aromatic rings. The van der Waals surface area contributed by atoms with Crippen LogP contribution in [0.15, 0.2) is 53.2 Å². The molecule has 26 heavy (non-hydrogen) atoms. The van der Waals surface area contributed by atoms with E-state index in [1.807, 2.05) is 6.92 Å². The molecule has 3 rings (SSSR count). The lowest BCUT2D eigenvalue weighted by Crippen LogP contribution is -2.06. The number of hydrogen-bond donors (Lipinski definition) is 0. The van der Waals surface area contributed by atoms with Gasteiger partial charge in [0.2, 0.25) is 5.90 Å². The third kappa shape index (κ3) is 3.73. The molecular formula is C18H13ClN2O5. The van der Waals surface area contributed by atoms with Gasteiger partial charge in [0.25, 0.3) is 5.69 Å². The first-order valence-corrected chi connectivity index (χ1v) is 8.05. The summed E-state index contributed by atoms with van der Waals surface area (Å²) in [5.41, 5.74) is 0.812. The highest BCUT2D eigenvalue weighted by Crippen LogP contribution is 2.27. The first-order valence-electron chi connectivity index (χ1n) is 7.67. The molecule has 1 heterocycles. The molecule has 0 atom stereocenters. The van der Waals surface area contributed by atoms with Gasteiger partial charge in [-0.3, -0.25) is 10.1 Å². The van der Waals surface area contributed by atoms with Gasteiger partial charge in [0.1, 0.15) is 10.8 Å². The quantitative estimate of drug-likeness (QED) is 0.342. The summed E-state index contributed by atoms with van der Waals surface area (Å²) >= 11 is 5.79. The molecular weight excluding hydrogens is 360 g/mol. The largest absolute Gasteiger partial charge is 0.494 e. The van der Waals surface area contributed by atoms with Gasteiger partial charge in [-0.1, -0.05) is 23.7 Å². The SMILES string of the molecule is CCOc1cccc(/C=C2\N=C(c3ccc(Cl)c([N+](=O)[O-])c3)OC2=O)c1. The lowest BCUT2D eigenvalue weighted by molar-refractivity contribution is -0.384. The van der Waals surface area contributed by atoms with Crippen LogP contribution < -0.4 is 4.74 Å². The van der Waals surface area contributed by atoms with Crippen LogP contribution in [0.3, 0.4) is 0 Å². The van der Waals surface area contributed by atoms with Crippen molar-refractivity contribution in [3.63, 3.8) is 0 Å². The number of ether oxygens (including phenoxy) is 2. The van der Waals surface area contributed by atoms with Crippen molar-refractivity contribution in [2.45, 2.75) is 6.92 Å². The number of carbonyl (C=O) groups is 1. The van der Waals surface area contributed by atoms with Gasteiger partial charge in [0.05, 0.1) is 11.5 Å². The minimum absolute atomic E-state index is 0.00724. The number of rotatable bonds is 5. The van der Waals surface area contributed by atoms with Crippen molar-refractivity contribution >= 4 is 35.2 Å². The number of esters is 1. The Morgan fingerprint density at radius 2 is 2.12 bits per heavy atom. The van der Waals surface area contributed by atoms with E-state index >= 15 is 0 Å². The van der Waals surface area contributed by atoms with Gasteiger partial charge in [0.15, 0.2) is 5.70 Å². The summed E-state index contributed by atoms with van der Waals surface area (Å²) in [7, 11) is 0. The van der Waals surface area contributed by atoms with Gasteiger partial charge in [-0.05, 0) is 42.8 Å². The molecule has 0 N–H and O–H groups in total. The molecule has 1 aliphatic rings. The van der Waals surface area contributed by atoms with E-state index in [1.165, 1.54) is 18.2 Å². The normalized spacial score (nSPS) is 14.9. The molecule has 1 aliphatic heterocycles. The van der Waals surface area contributed by atoms with E-state index in [-0.39, 0.29) is 22.3 Å². The zero-order valence-corrected chi connectivity index (χ0v) is 14.4. The molecule has 0 bridgehead atoms. The van der Waals surface area contributed by atoms with E-state index in [0.29, 0.717) is 17.9 Å². The zero-order chi connectivity index (χ0) is 18.7.